The van der Waals surface area contributed by atoms with Gasteiger partial charge in [0.25, 0.3) is 5.91 Å². The SMILES string of the molecule is O=C(NCc1cc(F)ccc1OC(F)(F)F)c1cnn(-c2nc3ccccc3s2)c1. The van der Waals surface area contributed by atoms with E-state index in [-0.39, 0.29) is 17.7 Å². The molecule has 1 amide bonds. The number of para-hydroxylation sites is 1. The lowest BCUT2D eigenvalue weighted by molar-refractivity contribution is -0.274. The van der Waals surface area contributed by atoms with E-state index in [1.54, 1.807) is 0 Å². The van der Waals surface area contributed by atoms with Crippen LogP contribution in [0.3, 0.4) is 0 Å². The summed E-state index contributed by atoms with van der Waals surface area (Å²) in [6.45, 7) is -0.367. The molecule has 2 aromatic heterocycles. The number of carbonyl (C=O) groups is 1. The van der Waals surface area contributed by atoms with Gasteiger partial charge in [-0.25, -0.2) is 14.1 Å². The quantitative estimate of drug-likeness (QED) is 0.470. The average Bonchev–Trinajstić information content (AvgIpc) is 3.33. The van der Waals surface area contributed by atoms with Gasteiger partial charge in [-0.1, -0.05) is 23.5 Å². The van der Waals surface area contributed by atoms with Crippen LogP contribution in [0.2, 0.25) is 0 Å². The molecule has 4 rings (SSSR count). The van der Waals surface area contributed by atoms with Gasteiger partial charge >= 0.3 is 6.36 Å². The fourth-order valence-electron chi connectivity index (χ4n) is 2.69. The largest absolute Gasteiger partial charge is 0.573 e. The number of ether oxygens (including phenoxy) is 1. The van der Waals surface area contributed by atoms with Crippen molar-refractivity contribution in [2.24, 2.45) is 0 Å². The molecule has 0 aliphatic heterocycles. The number of amides is 1. The van der Waals surface area contributed by atoms with Crippen LogP contribution in [0.15, 0.2) is 54.9 Å². The fraction of sp³-hybridized carbons (Fsp3) is 0.105. The predicted octanol–water partition coefficient (Wildman–Crippen LogP) is 4.45. The third-order valence-corrected chi connectivity index (χ3v) is 5.04. The summed E-state index contributed by atoms with van der Waals surface area (Å²) in [6, 6.07) is 10.1. The van der Waals surface area contributed by atoms with Gasteiger partial charge in [-0.3, -0.25) is 4.79 Å². The van der Waals surface area contributed by atoms with Crippen molar-refractivity contribution in [1.29, 1.82) is 0 Å². The number of rotatable bonds is 5. The minimum absolute atomic E-state index is 0.153. The molecule has 0 saturated heterocycles. The summed E-state index contributed by atoms with van der Waals surface area (Å²) in [5.41, 5.74) is 0.811. The second-order valence-electron chi connectivity index (χ2n) is 6.12. The van der Waals surface area contributed by atoms with Crippen molar-refractivity contribution < 1.29 is 27.1 Å². The second kappa shape index (κ2) is 7.75. The van der Waals surface area contributed by atoms with Crippen molar-refractivity contribution >= 4 is 27.5 Å². The number of aromatic nitrogens is 3. The third-order valence-electron chi connectivity index (χ3n) is 4.01. The molecule has 30 heavy (non-hydrogen) atoms. The van der Waals surface area contributed by atoms with E-state index in [9.17, 15) is 22.4 Å². The Kier molecular flexibility index (Phi) is 5.12. The molecule has 6 nitrogen and oxygen atoms in total. The molecule has 0 aliphatic rings. The van der Waals surface area contributed by atoms with Crippen LogP contribution in [0.1, 0.15) is 15.9 Å². The predicted molar refractivity (Wildman–Crippen MR) is 101 cm³/mol. The number of benzene rings is 2. The number of nitrogens with zero attached hydrogens (tertiary/aromatic N) is 3. The molecule has 0 bridgehead atoms. The van der Waals surface area contributed by atoms with Crippen LogP contribution < -0.4 is 10.1 Å². The van der Waals surface area contributed by atoms with Crippen LogP contribution in [-0.4, -0.2) is 27.0 Å². The van der Waals surface area contributed by atoms with Crippen molar-refractivity contribution in [3.8, 4) is 10.9 Å². The Balaban J connectivity index is 1.48. The molecule has 0 saturated carbocycles. The zero-order valence-corrected chi connectivity index (χ0v) is 15.8. The van der Waals surface area contributed by atoms with Crippen molar-refractivity contribution in [1.82, 2.24) is 20.1 Å². The first-order valence-electron chi connectivity index (χ1n) is 8.51. The number of alkyl halides is 3. The molecule has 0 spiro atoms. The molecule has 154 valence electrons. The van der Waals surface area contributed by atoms with Crippen LogP contribution in [0, 0.1) is 5.82 Å². The molecule has 0 unspecified atom stereocenters. The molecule has 2 heterocycles. The van der Waals surface area contributed by atoms with Crippen molar-refractivity contribution in [3.63, 3.8) is 0 Å². The number of hydrogen-bond donors (Lipinski definition) is 1. The van der Waals surface area contributed by atoms with Gasteiger partial charge in [0, 0.05) is 18.3 Å². The van der Waals surface area contributed by atoms with Crippen LogP contribution in [0.4, 0.5) is 17.6 Å². The Morgan fingerprint density at radius 3 is 2.77 bits per heavy atom. The summed E-state index contributed by atoms with van der Waals surface area (Å²) in [5.74, 6) is -1.93. The Labute approximate surface area is 170 Å². The topological polar surface area (TPSA) is 69.0 Å². The van der Waals surface area contributed by atoms with Crippen LogP contribution in [-0.2, 0) is 6.54 Å². The first kappa shape index (κ1) is 19.8. The van der Waals surface area contributed by atoms with Gasteiger partial charge in [-0.15, -0.1) is 13.2 Å². The number of halogens is 4. The molecule has 0 fully saturated rings. The van der Waals surface area contributed by atoms with E-state index >= 15 is 0 Å². The van der Waals surface area contributed by atoms with Crippen LogP contribution in [0.5, 0.6) is 5.75 Å². The highest BCUT2D eigenvalue weighted by molar-refractivity contribution is 7.20. The van der Waals surface area contributed by atoms with E-state index in [1.165, 1.54) is 28.4 Å². The monoisotopic (exact) mass is 436 g/mol. The summed E-state index contributed by atoms with van der Waals surface area (Å²) in [4.78, 5) is 16.8. The smallest absolute Gasteiger partial charge is 0.405 e. The van der Waals surface area contributed by atoms with Gasteiger partial charge in [0.1, 0.15) is 11.6 Å². The maximum absolute atomic E-state index is 13.4. The summed E-state index contributed by atoms with van der Waals surface area (Å²) in [7, 11) is 0. The van der Waals surface area contributed by atoms with E-state index in [1.807, 2.05) is 24.3 Å². The van der Waals surface area contributed by atoms with Crippen molar-refractivity contribution in [2.75, 3.05) is 0 Å². The van der Waals surface area contributed by atoms with Crippen LogP contribution in [0.25, 0.3) is 15.3 Å². The van der Waals surface area contributed by atoms with Gasteiger partial charge in [-0.05, 0) is 30.3 Å². The minimum atomic E-state index is -4.94. The molecule has 2 aromatic carbocycles. The lowest BCUT2D eigenvalue weighted by Gasteiger charge is -2.13. The molecule has 0 aliphatic carbocycles. The standard InChI is InChI=1S/C19H12F4N4O2S/c20-13-5-6-15(29-19(21,22)23)11(7-13)8-24-17(28)12-9-25-27(10-12)18-26-14-3-1-2-4-16(14)30-18/h1-7,9-10H,8H2,(H,24,28). The Bertz CT molecular complexity index is 1190. The summed E-state index contributed by atoms with van der Waals surface area (Å²) in [6.07, 6.45) is -2.18. The van der Waals surface area contributed by atoms with E-state index in [0.29, 0.717) is 5.13 Å². The van der Waals surface area contributed by atoms with E-state index in [2.05, 4.69) is 20.1 Å². The molecule has 0 radical (unpaired) electrons. The maximum Gasteiger partial charge on any atom is 0.573 e. The average molecular weight is 436 g/mol. The highest BCUT2D eigenvalue weighted by Crippen LogP contribution is 2.27. The zero-order valence-electron chi connectivity index (χ0n) is 15.0. The van der Waals surface area contributed by atoms with Gasteiger partial charge in [-0.2, -0.15) is 5.10 Å². The summed E-state index contributed by atoms with van der Waals surface area (Å²) < 4.78 is 57.2. The van der Waals surface area contributed by atoms with Crippen molar-refractivity contribution in [2.45, 2.75) is 12.9 Å². The number of nitrogens with one attached hydrogen (secondary N) is 1. The highest BCUT2D eigenvalue weighted by Gasteiger charge is 2.32. The Morgan fingerprint density at radius 2 is 2.00 bits per heavy atom. The van der Waals surface area contributed by atoms with E-state index < -0.39 is 23.8 Å². The second-order valence-corrected chi connectivity index (χ2v) is 7.13. The molecule has 4 aromatic rings. The Morgan fingerprint density at radius 1 is 1.20 bits per heavy atom. The van der Waals surface area contributed by atoms with Gasteiger partial charge in [0.15, 0.2) is 0 Å². The minimum Gasteiger partial charge on any atom is -0.405 e. The molecular weight excluding hydrogens is 424 g/mol. The number of thiazole rings is 1. The zero-order chi connectivity index (χ0) is 21.3. The Hall–Kier alpha value is -3.47. The molecule has 1 N–H and O–H groups in total. The van der Waals surface area contributed by atoms with Crippen molar-refractivity contribution in [3.05, 3.63) is 71.8 Å². The fourth-order valence-corrected chi connectivity index (χ4v) is 3.59. The first-order valence-corrected chi connectivity index (χ1v) is 9.33. The number of fused-ring (bicyclic) bond motifs is 1. The lowest BCUT2D eigenvalue weighted by Crippen LogP contribution is -2.24. The van der Waals surface area contributed by atoms with Gasteiger partial charge < -0.3 is 10.1 Å². The summed E-state index contributed by atoms with van der Waals surface area (Å²) in [5, 5.41) is 7.10. The highest BCUT2D eigenvalue weighted by atomic mass is 32.1. The number of carbonyl (C=O) groups excluding carboxylic acids is 1. The maximum atomic E-state index is 13.4. The van der Waals surface area contributed by atoms with Gasteiger partial charge in [0.05, 0.1) is 22.0 Å². The van der Waals surface area contributed by atoms with Crippen LogP contribution >= 0.6 is 11.3 Å². The van der Waals surface area contributed by atoms with E-state index in [4.69, 9.17) is 0 Å². The third kappa shape index (κ3) is 4.40. The van der Waals surface area contributed by atoms with E-state index in [0.717, 1.165) is 28.4 Å². The molecule has 0 atom stereocenters. The van der Waals surface area contributed by atoms with Gasteiger partial charge in [0.2, 0.25) is 5.13 Å². The first-order chi connectivity index (χ1) is 14.3. The number of hydrogen-bond acceptors (Lipinski definition) is 5. The normalized spacial score (nSPS) is 11.6. The lowest BCUT2D eigenvalue weighted by atomic mass is 10.2. The molecular formula is C19H12F4N4O2S. The molecule has 11 heteroatoms. The summed E-state index contributed by atoms with van der Waals surface area (Å²) >= 11 is 1.39.